The van der Waals surface area contributed by atoms with Crippen LogP contribution >= 0.6 is 11.6 Å². The number of carbonyl (C=O) groups is 1. The monoisotopic (exact) mass is 211 g/mol. The molecule has 0 radical (unpaired) electrons. The van der Waals surface area contributed by atoms with Crippen molar-refractivity contribution in [2.75, 3.05) is 0 Å². The Morgan fingerprint density at radius 2 is 2.36 bits per heavy atom. The minimum atomic E-state index is -0.776. The van der Waals surface area contributed by atoms with E-state index in [4.69, 9.17) is 16.7 Å². The number of carboxylic acid groups (broad SMARTS) is 1. The van der Waals surface area contributed by atoms with Gasteiger partial charge in [-0.1, -0.05) is 17.7 Å². The number of hydrogen-bond acceptors (Lipinski definition) is 2. The molecule has 0 spiro atoms. The first-order valence-corrected chi connectivity index (χ1v) is 4.85. The molecule has 4 heteroatoms. The molecule has 0 atom stereocenters. The standard InChI is InChI=1S/C10H10ClNO2/c11-9-7(2-1-5-12-9)10(3-4-10)6-8(13)14/h1-2,5H,3-4,6H2,(H,13,14). The van der Waals surface area contributed by atoms with Crippen LogP contribution in [0.1, 0.15) is 24.8 Å². The molecule has 74 valence electrons. The summed E-state index contributed by atoms with van der Waals surface area (Å²) in [6.07, 6.45) is 3.55. The average Bonchev–Trinajstić information content (AvgIpc) is 2.85. The third kappa shape index (κ3) is 1.60. The van der Waals surface area contributed by atoms with E-state index in [1.807, 2.05) is 6.07 Å². The van der Waals surface area contributed by atoms with Crippen LogP contribution in [0, 0.1) is 0 Å². The minimum absolute atomic E-state index is 0.151. The molecular weight excluding hydrogens is 202 g/mol. The van der Waals surface area contributed by atoms with Crippen molar-refractivity contribution in [3.8, 4) is 0 Å². The first kappa shape index (κ1) is 9.46. The molecule has 1 N–H and O–H groups in total. The number of pyridine rings is 1. The zero-order valence-corrected chi connectivity index (χ0v) is 8.29. The Hall–Kier alpha value is -1.09. The Balaban J connectivity index is 2.31. The van der Waals surface area contributed by atoms with Crippen molar-refractivity contribution in [3.05, 3.63) is 29.0 Å². The number of rotatable bonds is 3. The van der Waals surface area contributed by atoms with E-state index >= 15 is 0 Å². The molecule has 0 saturated heterocycles. The molecule has 0 unspecified atom stereocenters. The summed E-state index contributed by atoms with van der Waals surface area (Å²) in [5.41, 5.74) is 0.640. The van der Waals surface area contributed by atoms with Crippen LogP contribution in [0.5, 0.6) is 0 Å². The Labute approximate surface area is 86.7 Å². The van der Waals surface area contributed by atoms with Crippen LogP contribution in [0.15, 0.2) is 18.3 Å². The van der Waals surface area contributed by atoms with Crippen LogP contribution in [0.4, 0.5) is 0 Å². The normalized spacial score (nSPS) is 17.8. The van der Waals surface area contributed by atoms with Gasteiger partial charge in [-0.15, -0.1) is 0 Å². The number of hydrogen-bond donors (Lipinski definition) is 1. The van der Waals surface area contributed by atoms with Crippen molar-refractivity contribution in [2.24, 2.45) is 0 Å². The Kier molecular flexibility index (Phi) is 2.19. The fourth-order valence-electron chi connectivity index (χ4n) is 1.76. The maximum atomic E-state index is 10.7. The van der Waals surface area contributed by atoms with Gasteiger partial charge in [0.1, 0.15) is 5.15 Å². The minimum Gasteiger partial charge on any atom is -0.481 e. The van der Waals surface area contributed by atoms with Gasteiger partial charge in [0.15, 0.2) is 0 Å². The van der Waals surface area contributed by atoms with E-state index in [9.17, 15) is 4.79 Å². The van der Waals surface area contributed by atoms with Crippen LogP contribution in [0.25, 0.3) is 0 Å². The van der Waals surface area contributed by atoms with Crippen molar-refractivity contribution in [3.63, 3.8) is 0 Å². The first-order valence-electron chi connectivity index (χ1n) is 4.47. The van der Waals surface area contributed by atoms with E-state index in [0.717, 1.165) is 18.4 Å². The van der Waals surface area contributed by atoms with Gasteiger partial charge in [-0.3, -0.25) is 4.79 Å². The van der Waals surface area contributed by atoms with Gasteiger partial charge in [0.2, 0.25) is 0 Å². The Morgan fingerprint density at radius 3 is 2.86 bits per heavy atom. The lowest BCUT2D eigenvalue weighted by molar-refractivity contribution is -0.137. The fraction of sp³-hybridized carbons (Fsp3) is 0.400. The maximum absolute atomic E-state index is 10.7. The predicted octanol–water partition coefficient (Wildman–Crippen LogP) is 2.24. The first-order chi connectivity index (χ1) is 6.64. The summed E-state index contributed by atoms with van der Waals surface area (Å²) in [5, 5.41) is 9.21. The second-order valence-electron chi connectivity index (χ2n) is 3.69. The molecule has 0 aromatic carbocycles. The summed E-state index contributed by atoms with van der Waals surface area (Å²) in [5.74, 6) is -0.776. The van der Waals surface area contributed by atoms with Crippen LogP contribution < -0.4 is 0 Å². The number of halogens is 1. The molecule has 14 heavy (non-hydrogen) atoms. The summed E-state index contributed by atoms with van der Waals surface area (Å²) in [6.45, 7) is 0. The Morgan fingerprint density at radius 1 is 1.64 bits per heavy atom. The summed E-state index contributed by atoms with van der Waals surface area (Å²) in [4.78, 5) is 14.6. The van der Waals surface area contributed by atoms with Crippen molar-refractivity contribution < 1.29 is 9.90 Å². The number of aromatic nitrogens is 1. The third-order valence-corrected chi connectivity index (χ3v) is 2.97. The van der Waals surface area contributed by atoms with Gasteiger partial charge in [-0.25, -0.2) is 4.98 Å². The van der Waals surface area contributed by atoms with Crippen molar-refractivity contribution >= 4 is 17.6 Å². The highest BCUT2D eigenvalue weighted by atomic mass is 35.5. The molecular formula is C10H10ClNO2. The van der Waals surface area contributed by atoms with Gasteiger partial charge in [-0.05, 0) is 24.5 Å². The maximum Gasteiger partial charge on any atom is 0.304 e. The van der Waals surface area contributed by atoms with Gasteiger partial charge < -0.3 is 5.11 Å². The highest BCUT2D eigenvalue weighted by Gasteiger charge is 2.47. The van der Waals surface area contributed by atoms with Gasteiger partial charge in [-0.2, -0.15) is 0 Å². The van der Waals surface area contributed by atoms with Crippen molar-refractivity contribution in [1.82, 2.24) is 4.98 Å². The Bertz CT molecular complexity index is 374. The second-order valence-corrected chi connectivity index (χ2v) is 4.05. The zero-order valence-electron chi connectivity index (χ0n) is 7.53. The molecule has 2 rings (SSSR count). The third-order valence-electron chi connectivity index (χ3n) is 2.67. The van der Waals surface area contributed by atoms with E-state index in [1.165, 1.54) is 0 Å². The average molecular weight is 212 g/mol. The van der Waals surface area contributed by atoms with Crippen LogP contribution in [-0.4, -0.2) is 16.1 Å². The van der Waals surface area contributed by atoms with Crippen molar-refractivity contribution in [2.45, 2.75) is 24.7 Å². The van der Waals surface area contributed by atoms with E-state index in [1.54, 1.807) is 12.3 Å². The number of nitrogens with zero attached hydrogens (tertiary/aromatic N) is 1. The van der Waals surface area contributed by atoms with Crippen LogP contribution in [-0.2, 0) is 10.2 Å². The predicted molar refractivity (Wildman–Crippen MR) is 52.4 cm³/mol. The summed E-state index contributed by atoms with van der Waals surface area (Å²) in [6, 6.07) is 3.66. The van der Waals surface area contributed by atoms with Crippen LogP contribution in [0.2, 0.25) is 5.15 Å². The lowest BCUT2D eigenvalue weighted by atomic mass is 9.94. The highest BCUT2D eigenvalue weighted by molar-refractivity contribution is 6.30. The lowest BCUT2D eigenvalue weighted by Crippen LogP contribution is -2.13. The lowest BCUT2D eigenvalue weighted by Gasteiger charge is -2.13. The molecule has 1 fully saturated rings. The van der Waals surface area contributed by atoms with Crippen LogP contribution in [0.3, 0.4) is 0 Å². The van der Waals surface area contributed by atoms with E-state index in [0.29, 0.717) is 5.15 Å². The molecule has 1 aliphatic carbocycles. The number of carboxylic acids is 1. The van der Waals surface area contributed by atoms with E-state index in [-0.39, 0.29) is 11.8 Å². The molecule has 0 bridgehead atoms. The molecule has 0 aliphatic heterocycles. The van der Waals surface area contributed by atoms with Gasteiger partial charge in [0, 0.05) is 11.6 Å². The molecule has 1 aromatic rings. The molecule has 1 heterocycles. The van der Waals surface area contributed by atoms with Gasteiger partial charge in [0.25, 0.3) is 0 Å². The van der Waals surface area contributed by atoms with Gasteiger partial charge >= 0.3 is 5.97 Å². The quantitative estimate of drug-likeness (QED) is 0.781. The van der Waals surface area contributed by atoms with Gasteiger partial charge in [0.05, 0.1) is 6.42 Å². The smallest absolute Gasteiger partial charge is 0.304 e. The topological polar surface area (TPSA) is 50.2 Å². The summed E-state index contributed by atoms with van der Waals surface area (Å²) in [7, 11) is 0. The summed E-state index contributed by atoms with van der Waals surface area (Å²) < 4.78 is 0. The molecule has 1 aromatic heterocycles. The SMILES string of the molecule is O=C(O)CC1(c2cccnc2Cl)CC1. The molecule has 3 nitrogen and oxygen atoms in total. The van der Waals surface area contributed by atoms with E-state index in [2.05, 4.69) is 4.98 Å². The zero-order chi connectivity index (χ0) is 10.2. The largest absolute Gasteiger partial charge is 0.481 e. The summed E-state index contributed by atoms with van der Waals surface area (Å²) >= 11 is 5.93. The fourth-order valence-corrected chi connectivity index (χ4v) is 2.08. The second kappa shape index (κ2) is 3.24. The number of aliphatic carboxylic acids is 1. The molecule has 1 aliphatic rings. The molecule has 0 amide bonds. The van der Waals surface area contributed by atoms with E-state index < -0.39 is 5.97 Å². The highest BCUT2D eigenvalue weighted by Crippen LogP contribution is 2.52. The molecule has 1 saturated carbocycles. The van der Waals surface area contributed by atoms with Crippen molar-refractivity contribution in [1.29, 1.82) is 0 Å².